The van der Waals surface area contributed by atoms with Gasteiger partial charge in [-0.25, -0.2) is 9.59 Å². The zero-order chi connectivity index (χ0) is 58.8. The van der Waals surface area contributed by atoms with Crippen LogP contribution in [0.5, 0.6) is 46.0 Å². The topological polar surface area (TPSA) is 108 Å². The summed E-state index contributed by atoms with van der Waals surface area (Å²) in [6.45, 7) is 65.9. The summed E-state index contributed by atoms with van der Waals surface area (Å²) >= 11 is 0. The van der Waals surface area contributed by atoms with Gasteiger partial charge in [0, 0.05) is 0 Å². The van der Waals surface area contributed by atoms with E-state index in [1.807, 2.05) is 12.1 Å². The summed E-state index contributed by atoms with van der Waals surface area (Å²) in [6, 6.07) is 17.9. The normalized spacial score (nSPS) is 14.0. The average molecular weight is 1150 g/mol. The van der Waals surface area contributed by atoms with Crippen LogP contribution in [-0.4, -0.2) is 61.8 Å². The van der Waals surface area contributed by atoms with Crippen molar-refractivity contribution in [2.45, 2.75) is 233 Å². The molecule has 16 heteroatoms. The van der Waals surface area contributed by atoms with Gasteiger partial charge in [-0.15, -0.1) is 0 Å². The highest BCUT2D eigenvalue weighted by Gasteiger charge is 2.48. The number of fused-ring (bicyclic) bond motifs is 1. The molecule has 0 spiro atoms. The van der Waals surface area contributed by atoms with Gasteiger partial charge in [-0.3, -0.25) is 0 Å². The Balaban J connectivity index is 1.86. The van der Waals surface area contributed by atoms with E-state index in [1.165, 1.54) is 0 Å². The lowest BCUT2D eigenvalue weighted by atomic mass is 10.1. The molecule has 0 heterocycles. The fraction of sp³-hybridized carbons (Fsp3) is 0.600. The third kappa shape index (κ3) is 14.9. The fourth-order valence-corrected chi connectivity index (χ4v) is 12.1. The van der Waals surface area contributed by atoms with Crippen LogP contribution >= 0.6 is 0 Å². The van der Waals surface area contributed by atoms with Gasteiger partial charge in [0.25, 0.3) is 49.9 Å². The first-order valence-electron chi connectivity index (χ1n) is 27.2. The summed E-state index contributed by atoms with van der Waals surface area (Å²) in [5, 5.41) is 0.729. The summed E-state index contributed by atoms with van der Waals surface area (Å²) in [6.07, 6.45) is 0. The van der Waals surface area contributed by atoms with Crippen LogP contribution in [0.15, 0.2) is 60.7 Å². The van der Waals surface area contributed by atoms with Crippen molar-refractivity contribution >= 4 is 72.6 Å². The van der Waals surface area contributed by atoms with Gasteiger partial charge >= 0.3 is 11.9 Å². The van der Waals surface area contributed by atoms with E-state index < -0.39 is 61.8 Å². The Morgan fingerprint density at radius 3 is 0.724 bits per heavy atom. The van der Waals surface area contributed by atoms with Gasteiger partial charge in [0.15, 0.2) is 11.5 Å². The van der Waals surface area contributed by atoms with Crippen molar-refractivity contribution in [3.8, 4) is 46.0 Å². The Kier molecular flexibility index (Phi) is 18.2. The molecule has 0 amide bonds. The van der Waals surface area contributed by atoms with E-state index in [-0.39, 0.29) is 41.4 Å². The second kappa shape index (κ2) is 21.3. The van der Waals surface area contributed by atoms with Crippen LogP contribution in [0.25, 0.3) is 10.8 Å². The van der Waals surface area contributed by atoms with Crippen LogP contribution in [0.3, 0.4) is 0 Å². The van der Waals surface area contributed by atoms with Crippen LogP contribution in [0.4, 0.5) is 0 Å². The van der Waals surface area contributed by atoms with Crippen LogP contribution in [0.2, 0.25) is 109 Å². The van der Waals surface area contributed by atoms with Gasteiger partial charge in [-0.05, 0) is 168 Å². The minimum absolute atomic E-state index is 0.126. The highest BCUT2D eigenvalue weighted by molar-refractivity contribution is 6.77. The minimum Gasteiger partial charge on any atom is -0.541 e. The van der Waals surface area contributed by atoms with Crippen molar-refractivity contribution in [2.24, 2.45) is 0 Å². The number of hydrogen-bond donors (Lipinski definition) is 0. The predicted octanol–water partition coefficient (Wildman–Crippen LogP) is 19.6. The molecular weight excluding hydrogens is 1050 g/mol. The molecule has 0 saturated carbocycles. The van der Waals surface area contributed by atoms with Gasteiger partial charge in [0.05, 0.1) is 11.1 Å². The molecule has 4 rings (SSSR count). The molecular formula is C60H100O10Si6. The van der Waals surface area contributed by atoms with E-state index in [4.69, 9.17) is 36.0 Å². The van der Waals surface area contributed by atoms with Gasteiger partial charge in [-0.2, -0.15) is 0 Å². The first kappa shape index (κ1) is 64.7. The van der Waals surface area contributed by atoms with Gasteiger partial charge in [0.1, 0.15) is 34.5 Å². The number of esters is 2. The Morgan fingerprint density at radius 1 is 0.303 bits per heavy atom. The van der Waals surface area contributed by atoms with Gasteiger partial charge < -0.3 is 36.0 Å². The van der Waals surface area contributed by atoms with E-state index in [0.717, 1.165) is 5.39 Å². The second-order valence-electron chi connectivity index (χ2n) is 30.2. The maximum absolute atomic E-state index is 14.6. The summed E-state index contributed by atoms with van der Waals surface area (Å²) in [5.41, 5.74) is 0.560. The van der Waals surface area contributed by atoms with Crippen molar-refractivity contribution < 1.29 is 45.6 Å². The molecule has 0 unspecified atom stereocenters. The molecule has 76 heavy (non-hydrogen) atoms. The van der Waals surface area contributed by atoms with Crippen molar-refractivity contribution in [3.63, 3.8) is 0 Å². The molecule has 0 fully saturated rings. The van der Waals surface area contributed by atoms with E-state index in [9.17, 15) is 9.59 Å². The zero-order valence-electron chi connectivity index (χ0n) is 52.9. The second-order valence-corrected chi connectivity index (χ2v) is 58.6. The molecule has 0 aliphatic carbocycles. The van der Waals surface area contributed by atoms with Crippen molar-refractivity contribution in [1.82, 2.24) is 0 Å². The van der Waals surface area contributed by atoms with E-state index in [2.05, 4.69) is 203 Å². The monoisotopic (exact) mass is 1150 g/mol. The highest BCUT2D eigenvalue weighted by atomic mass is 28.4. The SMILES string of the molecule is CC(C)(C)[Si](C)(C)Oc1cc(C(=O)Oc2ccc3ccc(OC(=O)c4cc(O[Si](C)(C)C(C)(C)C)c(O[Si](C)(C)C(C)(C)C)c(O[Si](C)(C)C(C)(C)C)c4)cc3c2)cc(O[Si](C)(C)C(C)(C)C)c1O[Si](C)(C)C(C)(C)C. The van der Waals surface area contributed by atoms with Gasteiger partial charge in [0.2, 0.25) is 0 Å². The number of benzene rings is 4. The average Bonchev–Trinajstić information content (AvgIpc) is 3.19. The lowest BCUT2D eigenvalue weighted by Crippen LogP contribution is -2.47. The molecule has 0 bridgehead atoms. The Labute approximate surface area is 466 Å². The standard InChI is InChI=1S/C60H100O10Si6/c1-55(2,3)71(19,20)65-47-37-43(38-48(66-72(21,22)56(4,5)6)51(47)69-75(27,28)59(13,14)15)53(61)63-45-33-31-41-32-34-46(36-42(41)35-45)64-54(62)44-39-49(67-73(23,24)57(7,8)9)52(70-76(29,30)60(16,17)18)50(40-44)68-74(25,26)58(10,11)12/h31-40H,1-30H3. The first-order valence-corrected chi connectivity index (χ1v) is 44.7. The number of ether oxygens (including phenoxy) is 2. The summed E-state index contributed by atoms with van der Waals surface area (Å²) in [4.78, 5) is 29.1. The molecule has 0 radical (unpaired) electrons. The molecule has 4 aromatic carbocycles. The summed E-state index contributed by atoms with van der Waals surface area (Å²) < 4.78 is 55.1. The Morgan fingerprint density at radius 2 is 0.513 bits per heavy atom. The summed E-state index contributed by atoms with van der Waals surface area (Å²) in [5.74, 6) is 2.51. The molecule has 4 aromatic rings. The lowest BCUT2D eigenvalue weighted by molar-refractivity contribution is 0.0725. The first-order chi connectivity index (χ1) is 33.7. The molecule has 0 saturated heterocycles. The molecule has 424 valence electrons. The summed E-state index contributed by atoms with van der Waals surface area (Å²) in [7, 11) is -14.9. The van der Waals surface area contributed by atoms with Gasteiger partial charge in [-0.1, -0.05) is 137 Å². The molecule has 0 aromatic heterocycles. The van der Waals surface area contributed by atoms with Crippen LogP contribution in [0, 0.1) is 0 Å². The Bertz CT molecular complexity index is 2490. The Hall–Kier alpha value is -3.82. The number of hydrogen-bond acceptors (Lipinski definition) is 10. The van der Waals surface area contributed by atoms with E-state index in [1.54, 1.807) is 48.5 Å². The third-order valence-electron chi connectivity index (χ3n) is 17.7. The maximum atomic E-state index is 14.6. The third-order valence-corrected chi connectivity index (χ3v) is 43.8. The van der Waals surface area contributed by atoms with Crippen LogP contribution < -0.4 is 36.0 Å². The van der Waals surface area contributed by atoms with E-state index >= 15 is 0 Å². The molecule has 0 aliphatic heterocycles. The quantitative estimate of drug-likeness (QED) is 0.0611. The number of carbonyl (C=O) groups excluding carboxylic acids is 2. The largest absolute Gasteiger partial charge is 0.541 e. The van der Waals surface area contributed by atoms with Crippen LogP contribution in [-0.2, 0) is 0 Å². The van der Waals surface area contributed by atoms with Crippen molar-refractivity contribution in [3.05, 3.63) is 71.8 Å². The molecule has 0 atom stereocenters. The molecule has 10 nitrogen and oxygen atoms in total. The predicted molar refractivity (Wildman–Crippen MR) is 334 cm³/mol. The highest BCUT2D eigenvalue weighted by Crippen LogP contribution is 2.52. The lowest BCUT2D eigenvalue weighted by Gasteiger charge is -2.42. The number of carbonyl (C=O) groups is 2. The molecule has 0 aliphatic rings. The zero-order valence-corrected chi connectivity index (χ0v) is 58.9. The number of rotatable bonds is 16. The smallest absolute Gasteiger partial charge is 0.343 e. The maximum Gasteiger partial charge on any atom is 0.343 e. The minimum atomic E-state index is -2.49. The molecule has 0 N–H and O–H groups in total. The fourth-order valence-electron chi connectivity index (χ4n) is 6.08. The van der Waals surface area contributed by atoms with Crippen molar-refractivity contribution in [1.29, 1.82) is 0 Å². The van der Waals surface area contributed by atoms with E-state index in [0.29, 0.717) is 51.4 Å². The van der Waals surface area contributed by atoms with Crippen molar-refractivity contribution in [2.75, 3.05) is 0 Å². The van der Waals surface area contributed by atoms with Crippen LogP contribution in [0.1, 0.15) is 145 Å².